The second-order valence-electron chi connectivity index (χ2n) is 3.56. The number of rotatable bonds is 5. The van der Waals surface area contributed by atoms with Gasteiger partial charge in [0, 0.05) is 18.4 Å². The van der Waals surface area contributed by atoms with Crippen molar-refractivity contribution in [1.29, 1.82) is 0 Å². The summed E-state index contributed by atoms with van der Waals surface area (Å²) in [5, 5.41) is 17.5. The first-order valence-corrected chi connectivity index (χ1v) is 6.16. The van der Waals surface area contributed by atoms with E-state index in [4.69, 9.17) is 0 Å². The largest absolute Gasteiger partial charge is 0.360 e. The van der Waals surface area contributed by atoms with Crippen LogP contribution < -0.4 is 5.32 Å². The lowest BCUT2D eigenvalue weighted by molar-refractivity contribution is 0.657. The van der Waals surface area contributed by atoms with E-state index in [1.165, 1.54) is 0 Å². The molecule has 0 aliphatic rings. The highest BCUT2D eigenvalue weighted by molar-refractivity contribution is 7.15. The topological polar surface area (TPSA) is 55.6 Å². The molecular weight excluding hydrogens is 222 g/mol. The fraction of sp³-hybridized carbons (Fsp3) is 0.500. The number of hydrogen-bond acceptors (Lipinski definition) is 5. The van der Waals surface area contributed by atoms with Gasteiger partial charge in [-0.05, 0) is 19.4 Å². The van der Waals surface area contributed by atoms with Crippen molar-refractivity contribution in [2.75, 3.05) is 11.9 Å². The van der Waals surface area contributed by atoms with E-state index >= 15 is 0 Å². The average molecular weight is 237 g/mol. The third-order valence-corrected chi connectivity index (χ3v) is 3.07. The van der Waals surface area contributed by atoms with Crippen molar-refractivity contribution in [2.24, 2.45) is 0 Å². The molecule has 0 atom stereocenters. The third kappa shape index (κ3) is 2.57. The lowest BCUT2D eigenvalue weighted by atomic mass is 10.5. The van der Waals surface area contributed by atoms with Crippen LogP contribution in [0.15, 0.2) is 12.3 Å². The normalized spacial score (nSPS) is 10.6. The summed E-state index contributed by atoms with van der Waals surface area (Å²) in [5.41, 5.74) is 1.14. The van der Waals surface area contributed by atoms with E-state index in [0.717, 1.165) is 28.8 Å². The maximum Gasteiger partial charge on any atom is 0.205 e. The fourth-order valence-corrected chi connectivity index (χ4v) is 2.06. The zero-order valence-electron chi connectivity index (χ0n) is 9.47. The van der Waals surface area contributed by atoms with Gasteiger partial charge in [-0.25, -0.2) is 0 Å². The molecule has 86 valence electrons. The highest BCUT2D eigenvalue weighted by atomic mass is 32.1. The molecule has 0 saturated heterocycles. The maximum absolute atomic E-state index is 4.22. The summed E-state index contributed by atoms with van der Waals surface area (Å²) in [4.78, 5) is 0. The Bertz CT molecular complexity index is 448. The van der Waals surface area contributed by atoms with Gasteiger partial charge >= 0.3 is 0 Å². The third-order valence-electron chi connectivity index (χ3n) is 2.21. The fourth-order valence-electron chi connectivity index (χ4n) is 1.31. The van der Waals surface area contributed by atoms with Crippen molar-refractivity contribution < 1.29 is 0 Å². The summed E-state index contributed by atoms with van der Waals surface area (Å²) in [6.45, 7) is 5.80. The van der Waals surface area contributed by atoms with Crippen LogP contribution in [0, 0.1) is 6.92 Å². The van der Waals surface area contributed by atoms with Crippen LogP contribution in [0.5, 0.6) is 0 Å². The van der Waals surface area contributed by atoms with Gasteiger partial charge in [-0.3, -0.25) is 4.68 Å². The maximum atomic E-state index is 4.22. The molecule has 2 heterocycles. The molecule has 0 unspecified atom stereocenters. The van der Waals surface area contributed by atoms with Gasteiger partial charge in [-0.15, -0.1) is 10.2 Å². The van der Waals surface area contributed by atoms with Crippen LogP contribution in [0.2, 0.25) is 0 Å². The molecular formula is C10H15N5S. The lowest BCUT2D eigenvalue weighted by Gasteiger charge is -1.99. The Labute approximate surface area is 98.5 Å². The smallest absolute Gasteiger partial charge is 0.205 e. The Kier molecular flexibility index (Phi) is 3.51. The monoisotopic (exact) mass is 237 g/mol. The molecule has 0 amide bonds. The zero-order chi connectivity index (χ0) is 11.4. The lowest BCUT2D eigenvalue weighted by Crippen LogP contribution is -2.02. The van der Waals surface area contributed by atoms with Gasteiger partial charge in [0.25, 0.3) is 0 Å². The van der Waals surface area contributed by atoms with Crippen LogP contribution >= 0.6 is 11.3 Å². The van der Waals surface area contributed by atoms with Crippen molar-refractivity contribution in [1.82, 2.24) is 20.0 Å². The second-order valence-corrected chi connectivity index (χ2v) is 4.62. The summed E-state index contributed by atoms with van der Waals surface area (Å²) < 4.78 is 1.92. The first-order valence-electron chi connectivity index (χ1n) is 5.34. The molecule has 0 spiro atoms. The Balaban J connectivity index is 2.00. The van der Waals surface area contributed by atoms with Crippen molar-refractivity contribution in [3.05, 3.63) is 23.0 Å². The van der Waals surface area contributed by atoms with Gasteiger partial charge in [0.2, 0.25) is 5.13 Å². The molecule has 2 rings (SSSR count). The van der Waals surface area contributed by atoms with E-state index in [1.54, 1.807) is 17.5 Å². The van der Waals surface area contributed by atoms with Crippen LogP contribution in [0.3, 0.4) is 0 Å². The number of aryl methyl sites for hydroxylation is 1. The first-order chi connectivity index (χ1) is 7.79. The van der Waals surface area contributed by atoms with Crippen LogP contribution in [0.4, 0.5) is 5.13 Å². The standard InChI is InChI=1S/C10H15N5S/c1-3-5-11-10-14-13-9(16-10)7-15-8(2)4-6-12-15/h4,6H,3,5,7H2,1-2H3,(H,11,14). The Morgan fingerprint density at radius 2 is 2.31 bits per heavy atom. The quantitative estimate of drug-likeness (QED) is 0.863. The van der Waals surface area contributed by atoms with Crippen LogP contribution in [-0.4, -0.2) is 26.5 Å². The molecule has 0 bridgehead atoms. The van der Waals surface area contributed by atoms with Crippen molar-refractivity contribution >= 4 is 16.5 Å². The van der Waals surface area contributed by atoms with E-state index < -0.39 is 0 Å². The van der Waals surface area contributed by atoms with Crippen LogP contribution in [-0.2, 0) is 6.54 Å². The van der Waals surface area contributed by atoms with Gasteiger partial charge in [0.15, 0.2) is 0 Å². The van der Waals surface area contributed by atoms with Gasteiger partial charge in [0.05, 0.1) is 6.54 Å². The molecule has 0 aliphatic carbocycles. The molecule has 6 heteroatoms. The molecule has 0 saturated carbocycles. The van der Waals surface area contributed by atoms with Gasteiger partial charge in [-0.2, -0.15) is 5.10 Å². The molecule has 0 aliphatic heterocycles. The molecule has 0 fully saturated rings. The zero-order valence-corrected chi connectivity index (χ0v) is 10.3. The molecule has 5 nitrogen and oxygen atoms in total. The van der Waals surface area contributed by atoms with E-state index in [2.05, 4.69) is 27.5 Å². The van der Waals surface area contributed by atoms with E-state index in [0.29, 0.717) is 6.54 Å². The van der Waals surface area contributed by atoms with E-state index in [9.17, 15) is 0 Å². The van der Waals surface area contributed by atoms with E-state index in [-0.39, 0.29) is 0 Å². The summed E-state index contributed by atoms with van der Waals surface area (Å²) in [6.07, 6.45) is 2.89. The summed E-state index contributed by atoms with van der Waals surface area (Å²) in [5.74, 6) is 0. The Hall–Kier alpha value is -1.43. The number of nitrogens with zero attached hydrogens (tertiary/aromatic N) is 4. The SMILES string of the molecule is CCCNc1nnc(Cn2nccc2C)s1. The summed E-state index contributed by atoms with van der Waals surface area (Å²) in [7, 11) is 0. The van der Waals surface area contributed by atoms with Crippen LogP contribution in [0.25, 0.3) is 0 Å². The molecule has 16 heavy (non-hydrogen) atoms. The number of aromatic nitrogens is 4. The van der Waals surface area contributed by atoms with Crippen molar-refractivity contribution in [3.8, 4) is 0 Å². The highest BCUT2D eigenvalue weighted by Gasteiger charge is 2.05. The van der Waals surface area contributed by atoms with Crippen molar-refractivity contribution in [2.45, 2.75) is 26.8 Å². The summed E-state index contributed by atoms with van der Waals surface area (Å²) >= 11 is 1.59. The Morgan fingerprint density at radius 3 is 3.00 bits per heavy atom. The predicted molar refractivity (Wildman–Crippen MR) is 64.8 cm³/mol. The average Bonchev–Trinajstić information content (AvgIpc) is 2.87. The minimum atomic E-state index is 0.699. The minimum absolute atomic E-state index is 0.699. The molecule has 2 aromatic rings. The van der Waals surface area contributed by atoms with Crippen molar-refractivity contribution in [3.63, 3.8) is 0 Å². The first kappa shape index (κ1) is 11.1. The second kappa shape index (κ2) is 5.07. The molecule has 0 aromatic carbocycles. The summed E-state index contributed by atoms with van der Waals surface area (Å²) in [6, 6.07) is 1.98. The van der Waals surface area contributed by atoms with Gasteiger partial charge in [-0.1, -0.05) is 18.3 Å². The minimum Gasteiger partial charge on any atom is -0.360 e. The highest BCUT2D eigenvalue weighted by Crippen LogP contribution is 2.16. The molecule has 2 aromatic heterocycles. The number of nitrogens with one attached hydrogen (secondary N) is 1. The molecule has 0 radical (unpaired) electrons. The van der Waals surface area contributed by atoms with E-state index in [1.807, 2.05) is 17.7 Å². The predicted octanol–water partition coefficient (Wildman–Crippen LogP) is 1.91. The van der Waals surface area contributed by atoms with Gasteiger partial charge in [0.1, 0.15) is 5.01 Å². The number of hydrogen-bond donors (Lipinski definition) is 1. The molecule has 1 N–H and O–H groups in total. The van der Waals surface area contributed by atoms with Crippen LogP contribution in [0.1, 0.15) is 24.0 Å². The number of anilines is 1. The Morgan fingerprint density at radius 1 is 1.44 bits per heavy atom. The van der Waals surface area contributed by atoms with Gasteiger partial charge < -0.3 is 5.32 Å².